The largest absolute Gasteiger partial charge is 0.573 e. The third-order valence-electron chi connectivity index (χ3n) is 5.12. The van der Waals surface area contributed by atoms with Gasteiger partial charge in [-0.25, -0.2) is 0 Å². The second-order valence-corrected chi connectivity index (χ2v) is 7.56. The van der Waals surface area contributed by atoms with E-state index in [1.54, 1.807) is 12.3 Å². The molecule has 2 heterocycles. The summed E-state index contributed by atoms with van der Waals surface area (Å²) in [7, 11) is 0. The number of ether oxygens (including phenoxy) is 1. The Kier molecular flexibility index (Phi) is 6.13. The van der Waals surface area contributed by atoms with E-state index in [2.05, 4.69) is 24.8 Å². The maximum Gasteiger partial charge on any atom is 0.573 e. The number of alkyl halides is 3. The molecule has 9 heteroatoms. The topological polar surface area (TPSA) is 40.6 Å². The molecule has 1 saturated heterocycles. The lowest BCUT2D eigenvalue weighted by atomic mass is 10.1. The van der Waals surface area contributed by atoms with Crippen LogP contribution in [0.1, 0.15) is 5.56 Å². The zero-order valence-corrected chi connectivity index (χ0v) is 17.4. The molecule has 0 unspecified atom stereocenters. The first-order valence-electron chi connectivity index (χ1n) is 9.85. The molecule has 5 nitrogen and oxygen atoms in total. The number of piperazine rings is 1. The molecule has 162 valence electrons. The Hall–Kier alpha value is -3.07. The van der Waals surface area contributed by atoms with Crippen molar-refractivity contribution < 1.29 is 17.9 Å². The molecule has 1 aromatic heterocycles. The van der Waals surface area contributed by atoms with Crippen LogP contribution in [0.5, 0.6) is 5.75 Å². The summed E-state index contributed by atoms with van der Waals surface area (Å²) in [4.78, 5) is 8.51. The summed E-state index contributed by atoms with van der Waals surface area (Å²) in [6.07, 6.45) is -3.06. The minimum Gasteiger partial charge on any atom is -0.406 e. The molecule has 2 aromatic carbocycles. The second-order valence-electron chi connectivity index (χ2n) is 7.18. The van der Waals surface area contributed by atoms with Crippen LogP contribution in [0.4, 0.5) is 18.9 Å². The van der Waals surface area contributed by atoms with Crippen LogP contribution in [0.3, 0.4) is 0 Å². The zero-order valence-electron chi connectivity index (χ0n) is 16.6. The maximum absolute atomic E-state index is 12.6. The summed E-state index contributed by atoms with van der Waals surface area (Å²) in [5.41, 5.74) is 2.61. The molecule has 0 atom stereocenters. The van der Waals surface area contributed by atoms with Gasteiger partial charge in [-0.05, 0) is 42.0 Å². The number of hydrogen-bond acceptors (Lipinski definition) is 4. The van der Waals surface area contributed by atoms with Crippen LogP contribution in [-0.2, 0) is 6.54 Å². The summed E-state index contributed by atoms with van der Waals surface area (Å²) in [5, 5.41) is 4.61. The molecule has 0 amide bonds. The summed E-state index contributed by atoms with van der Waals surface area (Å²) in [5.74, 6) is -0.251. The summed E-state index contributed by atoms with van der Waals surface area (Å²) < 4.78 is 41.9. The molecule has 1 N–H and O–H groups in total. The summed E-state index contributed by atoms with van der Waals surface area (Å²) >= 11 is 5.54. The quantitative estimate of drug-likeness (QED) is 0.602. The highest BCUT2D eigenvalue weighted by atomic mass is 32.1. The van der Waals surface area contributed by atoms with Crippen molar-refractivity contribution in [1.82, 2.24) is 15.2 Å². The molecule has 3 aromatic rings. The average molecular weight is 446 g/mol. The number of anilines is 1. The number of benzene rings is 2. The van der Waals surface area contributed by atoms with E-state index in [4.69, 9.17) is 12.2 Å². The minimum absolute atomic E-state index is 0.251. The lowest BCUT2D eigenvalue weighted by molar-refractivity contribution is -0.274. The van der Waals surface area contributed by atoms with Crippen molar-refractivity contribution in [2.24, 2.45) is 0 Å². The molecule has 0 radical (unpaired) electrons. The van der Waals surface area contributed by atoms with Gasteiger partial charge in [-0.1, -0.05) is 30.3 Å². The maximum atomic E-state index is 12.6. The van der Waals surface area contributed by atoms with E-state index in [9.17, 15) is 13.2 Å². The van der Waals surface area contributed by atoms with Gasteiger partial charge in [-0.2, -0.15) is 0 Å². The second kappa shape index (κ2) is 8.97. The fourth-order valence-corrected chi connectivity index (χ4v) is 3.87. The third-order valence-corrected chi connectivity index (χ3v) is 5.52. The predicted octanol–water partition coefficient (Wildman–Crippen LogP) is 4.33. The lowest BCUT2D eigenvalue weighted by Crippen LogP contribution is -2.51. The van der Waals surface area contributed by atoms with Gasteiger partial charge in [0.25, 0.3) is 0 Å². The molecular weight excluding hydrogens is 425 g/mol. The summed E-state index contributed by atoms with van der Waals surface area (Å²) in [6.45, 7) is 3.47. The van der Waals surface area contributed by atoms with Crippen LogP contribution < -0.4 is 15.0 Å². The Labute approximate surface area is 183 Å². The van der Waals surface area contributed by atoms with Crippen LogP contribution >= 0.6 is 12.2 Å². The van der Waals surface area contributed by atoms with E-state index >= 15 is 0 Å². The number of hydrogen-bond donors (Lipinski definition) is 1. The number of nitrogens with zero attached hydrogens (tertiary/aromatic N) is 3. The molecule has 0 spiro atoms. The molecule has 0 bridgehead atoms. The van der Waals surface area contributed by atoms with Crippen molar-refractivity contribution in [1.29, 1.82) is 0 Å². The molecule has 0 saturated carbocycles. The Morgan fingerprint density at radius 1 is 1.03 bits per heavy atom. The Morgan fingerprint density at radius 3 is 2.48 bits per heavy atom. The fraction of sp³-hybridized carbons (Fsp3) is 0.273. The van der Waals surface area contributed by atoms with Gasteiger partial charge in [0.15, 0.2) is 5.11 Å². The fourth-order valence-electron chi connectivity index (χ4n) is 3.62. The van der Waals surface area contributed by atoms with Gasteiger partial charge in [-0.15, -0.1) is 13.2 Å². The van der Waals surface area contributed by atoms with E-state index in [1.165, 1.54) is 12.1 Å². The van der Waals surface area contributed by atoms with E-state index in [0.717, 1.165) is 11.3 Å². The Bertz CT molecular complexity index is 1050. The van der Waals surface area contributed by atoms with Gasteiger partial charge in [-0.3, -0.25) is 4.98 Å². The highest BCUT2D eigenvalue weighted by Crippen LogP contribution is 2.31. The van der Waals surface area contributed by atoms with E-state index in [-0.39, 0.29) is 5.75 Å². The van der Waals surface area contributed by atoms with Crippen molar-refractivity contribution in [3.8, 4) is 5.75 Å². The van der Waals surface area contributed by atoms with Crippen LogP contribution in [0.2, 0.25) is 0 Å². The highest BCUT2D eigenvalue weighted by molar-refractivity contribution is 7.80. The standard InChI is InChI=1S/C22H21F3N4OS/c23-22(24,25)30-17-6-7-19-18(14-17)20(8-9-26-19)28-10-12-29(13-11-28)21(31)27-15-16-4-2-1-3-5-16/h1-9,14H,10-13,15H2,(H,27,31). The zero-order chi connectivity index (χ0) is 21.8. The average Bonchev–Trinajstić information content (AvgIpc) is 2.77. The SMILES string of the molecule is FC(F)(F)Oc1ccc2nccc(N3CCN(C(=S)NCc4ccccc4)CC3)c2c1. The monoisotopic (exact) mass is 446 g/mol. The van der Waals surface area contributed by atoms with Crippen LogP contribution in [0.25, 0.3) is 10.9 Å². The first-order valence-corrected chi connectivity index (χ1v) is 10.3. The molecule has 1 aliphatic rings. The van der Waals surface area contributed by atoms with E-state index < -0.39 is 6.36 Å². The first-order chi connectivity index (χ1) is 14.9. The molecule has 4 rings (SSSR count). The van der Waals surface area contributed by atoms with Crippen molar-refractivity contribution in [3.05, 3.63) is 66.4 Å². The number of pyridine rings is 1. The summed E-state index contributed by atoms with van der Waals surface area (Å²) in [6, 6.07) is 16.1. The van der Waals surface area contributed by atoms with Crippen LogP contribution in [0.15, 0.2) is 60.8 Å². The number of fused-ring (bicyclic) bond motifs is 1. The first kappa shape index (κ1) is 21.2. The van der Waals surface area contributed by atoms with E-state index in [1.807, 2.05) is 36.4 Å². The molecule has 1 aliphatic heterocycles. The van der Waals surface area contributed by atoms with Crippen LogP contribution in [-0.4, -0.2) is 47.5 Å². The van der Waals surface area contributed by atoms with Gasteiger partial charge in [0.1, 0.15) is 5.75 Å². The Balaban J connectivity index is 1.42. The number of nitrogens with one attached hydrogen (secondary N) is 1. The smallest absolute Gasteiger partial charge is 0.406 e. The Morgan fingerprint density at radius 2 is 1.77 bits per heavy atom. The van der Waals surface area contributed by atoms with Crippen molar-refractivity contribution in [2.75, 3.05) is 31.1 Å². The number of halogens is 3. The number of thiocarbonyl (C=S) groups is 1. The third kappa shape index (κ3) is 5.35. The predicted molar refractivity (Wildman–Crippen MR) is 118 cm³/mol. The van der Waals surface area contributed by atoms with Crippen LogP contribution in [0, 0.1) is 0 Å². The van der Waals surface area contributed by atoms with Gasteiger partial charge in [0.05, 0.1) is 5.52 Å². The molecular formula is C22H21F3N4OS. The van der Waals surface area contributed by atoms with Gasteiger partial charge >= 0.3 is 6.36 Å². The minimum atomic E-state index is -4.73. The molecule has 0 aliphatic carbocycles. The van der Waals surface area contributed by atoms with Crippen molar-refractivity contribution >= 4 is 33.9 Å². The van der Waals surface area contributed by atoms with Gasteiger partial charge in [0, 0.05) is 50.0 Å². The van der Waals surface area contributed by atoms with E-state index in [0.29, 0.717) is 48.7 Å². The molecule has 1 fully saturated rings. The number of rotatable bonds is 4. The highest BCUT2D eigenvalue weighted by Gasteiger charge is 2.31. The van der Waals surface area contributed by atoms with Gasteiger partial charge < -0.3 is 19.9 Å². The van der Waals surface area contributed by atoms with Crippen molar-refractivity contribution in [2.45, 2.75) is 12.9 Å². The normalized spacial score (nSPS) is 14.5. The number of aromatic nitrogens is 1. The van der Waals surface area contributed by atoms with Crippen molar-refractivity contribution in [3.63, 3.8) is 0 Å². The van der Waals surface area contributed by atoms with Gasteiger partial charge in [0.2, 0.25) is 0 Å². The lowest BCUT2D eigenvalue weighted by Gasteiger charge is -2.37. The molecule has 31 heavy (non-hydrogen) atoms.